The molecule has 7 nitrogen and oxygen atoms in total. The number of hydrogen-bond acceptors (Lipinski definition) is 4. The number of rotatable bonds is 6. The van der Waals surface area contributed by atoms with Crippen molar-refractivity contribution in [2.75, 3.05) is 0 Å². The molecule has 3 aromatic rings. The van der Waals surface area contributed by atoms with Crippen LogP contribution in [0, 0.1) is 5.82 Å². The molecule has 2 heterocycles. The maximum atomic E-state index is 13.1. The summed E-state index contributed by atoms with van der Waals surface area (Å²) in [5.41, 5.74) is 1.53. The number of nitrogens with one attached hydrogen (secondary N) is 2. The predicted octanol–water partition coefficient (Wildman–Crippen LogP) is 2.70. The van der Waals surface area contributed by atoms with Gasteiger partial charge in [-0.25, -0.2) is 9.18 Å². The molecule has 0 aliphatic heterocycles. The summed E-state index contributed by atoms with van der Waals surface area (Å²) in [4.78, 5) is 16.1. The topological polar surface area (TPSA) is 85.0 Å². The Kier molecular flexibility index (Phi) is 5.08. The van der Waals surface area contributed by atoms with Gasteiger partial charge in [-0.15, -0.1) is 0 Å². The third kappa shape index (κ3) is 4.23. The molecule has 2 N–H and O–H groups in total. The molecule has 0 atom stereocenters. The molecule has 25 heavy (non-hydrogen) atoms. The van der Waals surface area contributed by atoms with Gasteiger partial charge in [0.05, 0.1) is 12.2 Å². The number of amides is 2. The monoisotopic (exact) mass is 343 g/mol. The van der Waals surface area contributed by atoms with Crippen molar-refractivity contribution in [3.05, 3.63) is 59.9 Å². The molecule has 0 aliphatic carbocycles. The average Bonchev–Trinajstić information content (AvgIpc) is 3.26. The zero-order chi connectivity index (χ0) is 17.6. The standard InChI is InChI=1S/C17H18FN5O2/c1-2-23-8-4-7-14(23)16-21-15(25-22-16)11-20-17(24)19-10-12-5-3-6-13(18)9-12/h3-9H,2,10-11H2,1H3,(H2,19,20,24). The number of benzene rings is 1. The summed E-state index contributed by atoms with van der Waals surface area (Å²) >= 11 is 0. The summed E-state index contributed by atoms with van der Waals surface area (Å²) in [6, 6.07) is 9.46. The van der Waals surface area contributed by atoms with E-state index in [2.05, 4.69) is 20.8 Å². The van der Waals surface area contributed by atoms with E-state index >= 15 is 0 Å². The van der Waals surface area contributed by atoms with Crippen molar-refractivity contribution in [2.45, 2.75) is 26.6 Å². The summed E-state index contributed by atoms with van der Waals surface area (Å²) in [6.45, 7) is 3.15. The third-order valence-electron chi connectivity index (χ3n) is 3.61. The Morgan fingerprint density at radius 3 is 2.88 bits per heavy atom. The van der Waals surface area contributed by atoms with E-state index in [9.17, 15) is 9.18 Å². The first-order valence-corrected chi connectivity index (χ1v) is 7.90. The van der Waals surface area contributed by atoms with E-state index in [-0.39, 0.29) is 18.9 Å². The number of nitrogens with zero attached hydrogens (tertiary/aromatic N) is 3. The van der Waals surface area contributed by atoms with Crippen molar-refractivity contribution in [3.63, 3.8) is 0 Å². The third-order valence-corrected chi connectivity index (χ3v) is 3.61. The Labute approximate surface area is 143 Å². The second-order valence-corrected chi connectivity index (χ2v) is 5.36. The summed E-state index contributed by atoms with van der Waals surface area (Å²) in [5, 5.41) is 9.19. The largest absolute Gasteiger partial charge is 0.345 e. The molecule has 2 aromatic heterocycles. The molecule has 0 saturated heterocycles. The molecule has 1 aromatic carbocycles. The van der Waals surface area contributed by atoms with Crippen LogP contribution in [0.4, 0.5) is 9.18 Å². The van der Waals surface area contributed by atoms with E-state index < -0.39 is 6.03 Å². The average molecular weight is 343 g/mol. The van der Waals surface area contributed by atoms with Gasteiger partial charge >= 0.3 is 6.03 Å². The van der Waals surface area contributed by atoms with Crippen LogP contribution in [0.25, 0.3) is 11.5 Å². The lowest BCUT2D eigenvalue weighted by Gasteiger charge is -2.06. The molecule has 0 radical (unpaired) electrons. The molecule has 0 spiro atoms. The van der Waals surface area contributed by atoms with Crippen molar-refractivity contribution < 1.29 is 13.7 Å². The maximum absolute atomic E-state index is 13.1. The fourth-order valence-electron chi connectivity index (χ4n) is 2.37. The van der Waals surface area contributed by atoms with Crippen LogP contribution in [0.5, 0.6) is 0 Å². The molecule has 130 valence electrons. The highest BCUT2D eigenvalue weighted by molar-refractivity contribution is 5.73. The maximum Gasteiger partial charge on any atom is 0.315 e. The van der Waals surface area contributed by atoms with Crippen molar-refractivity contribution in [3.8, 4) is 11.5 Å². The van der Waals surface area contributed by atoms with Gasteiger partial charge in [0.25, 0.3) is 0 Å². The molecule has 0 aliphatic rings. The van der Waals surface area contributed by atoms with E-state index in [1.807, 2.05) is 29.8 Å². The van der Waals surface area contributed by atoms with Gasteiger partial charge < -0.3 is 19.7 Å². The van der Waals surface area contributed by atoms with Gasteiger partial charge in [0, 0.05) is 19.3 Å². The number of urea groups is 1. The van der Waals surface area contributed by atoms with Gasteiger partial charge in [0.2, 0.25) is 11.7 Å². The van der Waals surface area contributed by atoms with E-state index in [4.69, 9.17) is 4.52 Å². The van der Waals surface area contributed by atoms with Crippen LogP contribution < -0.4 is 10.6 Å². The highest BCUT2D eigenvalue weighted by atomic mass is 19.1. The molecule has 3 rings (SSSR count). The lowest BCUT2D eigenvalue weighted by Crippen LogP contribution is -2.34. The summed E-state index contributed by atoms with van der Waals surface area (Å²) < 4.78 is 20.2. The van der Waals surface area contributed by atoms with Crippen LogP contribution in [-0.4, -0.2) is 20.7 Å². The van der Waals surface area contributed by atoms with E-state index in [1.165, 1.54) is 12.1 Å². The molecule has 8 heteroatoms. The number of carbonyl (C=O) groups excluding carboxylic acids is 1. The molecular formula is C17H18FN5O2. The van der Waals surface area contributed by atoms with E-state index in [1.54, 1.807) is 12.1 Å². The highest BCUT2D eigenvalue weighted by Crippen LogP contribution is 2.16. The van der Waals surface area contributed by atoms with Gasteiger partial charge in [-0.3, -0.25) is 0 Å². The zero-order valence-electron chi connectivity index (χ0n) is 13.7. The number of halogens is 1. The smallest absolute Gasteiger partial charge is 0.315 e. The van der Waals surface area contributed by atoms with Crippen LogP contribution in [0.1, 0.15) is 18.4 Å². The van der Waals surface area contributed by atoms with Crippen LogP contribution in [-0.2, 0) is 19.6 Å². The predicted molar refractivity (Wildman–Crippen MR) is 88.9 cm³/mol. The molecular weight excluding hydrogens is 325 g/mol. The Morgan fingerprint density at radius 1 is 1.24 bits per heavy atom. The molecule has 0 bridgehead atoms. The summed E-state index contributed by atoms with van der Waals surface area (Å²) in [6.07, 6.45) is 1.93. The summed E-state index contributed by atoms with van der Waals surface area (Å²) in [5.74, 6) is 0.443. The number of aromatic nitrogens is 3. The Morgan fingerprint density at radius 2 is 2.08 bits per heavy atom. The van der Waals surface area contributed by atoms with Gasteiger partial charge in [-0.05, 0) is 36.8 Å². The highest BCUT2D eigenvalue weighted by Gasteiger charge is 2.12. The summed E-state index contributed by atoms with van der Waals surface area (Å²) in [7, 11) is 0. The Bertz CT molecular complexity index is 858. The fourth-order valence-corrected chi connectivity index (χ4v) is 2.37. The molecule has 0 unspecified atom stereocenters. The van der Waals surface area contributed by atoms with Crippen LogP contribution in [0.2, 0.25) is 0 Å². The van der Waals surface area contributed by atoms with Crippen LogP contribution >= 0.6 is 0 Å². The minimum atomic E-state index is -0.402. The van der Waals surface area contributed by atoms with E-state index in [0.29, 0.717) is 17.3 Å². The van der Waals surface area contributed by atoms with Gasteiger partial charge in [-0.2, -0.15) is 4.98 Å². The van der Waals surface area contributed by atoms with Crippen LogP contribution in [0.3, 0.4) is 0 Å². The molecule has 0 fully saturated rings. The van der Waals surface area contributed by atoms with Crippen molar-refractivity contribution in [2.24, 2.45) is 0 Å². The lowest BCUT2D eigenvalue weighted by atomic mass is 10.2. The normalized spacial score (nSPS) is 10.6. The van der Waals surface area contributed by atoms with Gasteiger partial charge in [0.1, 0.15) is 5.82 Å². The first-order valence-electron chi connectivity index (χ1n) is 7.90. The zero-order valence-corrected chi connectivity index (χ0v) is 13.7. The Balaban J connectivity index is 1.51. The van der Waals surface area contributed by atoms with Crippen molar-refractivity contribution >= 4 is 6.03 Å². The first-order chi connectivity index (χ1) is 12.2. The van der Waals surface area contributed by atoms with Crippen molar-refractivity contribution in [1.29, 1.82) is 0 Å². The second-order valence-electron chi connectivity index (χ2n) is 5.36. The number of aryl methyl sites for hydroxylation is 1. The van der Waals surface area contributed by atoms with Crippen molar-refractivity contribution in [1.82, 2.24) is 25.3 Å². The van der Waals surface area contributed by atoms with E-state index in [0.717, 1.165) is 12.2 Å². The molecule has 0 saturated carbocycles. The number of carbonyl (C=O) groups is 1. The molecule has 2 amide bonds. The van der Waals surface area contributed by atoms with Gasteiger partial charge in [-0.1, -0.05) is 17.3 Å². The minimum absolute atomic E-state index is 0.106. The Hall–Kier alpha value is -3.16. The fraction of sp³-hybridized carbons (Fsp3) is 0.235. The quantitative estimate of drug-likeness (QED) is 0.721. The minimum Gasteiger partial charge on any atom is -0.345 e. The van der Waals surface area contributed by atoms with Crippen LogP contribution in [0.15, 0.2) is 47.1 Å². The lowest BCUT2D eigenvalue weighted by molar-refractivity contribution is 0.238. The number of hydrogen-bond donors (Lipinski definition) is 2. The second kappa shape index (κ2) is 7.61. The van der Waals surface area contributed by atoms with Gasteiger partial charge in [0.15, 0.2) is 0 Å². The SMILES string of the molecule is CCn1cccc1-c1noc(CNC(=O)NCc2cccc(F)c2)n1. The first kappa shape index (κ1) is 16.7.